The number of nitrogens with one attached hydrogen (secondary N) is 1. The quantitative estimate of drug-likeness (QED) is 0.627. The molecule has 0 aromatic heterocycles. The normalized spacial score (nSPS) is 14.9. The molecule has 0 radical (unpaired) electrons. The number of likely N-dealkylation sites (tertiary alicyclic amines) is 1. The summed E-state index contributed by atoms with van der Waals surface area (Å²) < 4.78 is 5.86. The molecule has 1 saturated heterocycles. The summed E-state index contributed by atoms with van der Waals surface area (Å²) in [6, 6.07) is 28.2. The van der Waals surface area contributed by atoms with Crippen molar-refractivity contribution in [2.24, 2.45) is 0 Å². The van der Waals surface area contributed by atoms with E-state index in [-0.39, 0.29) is 11.9 Å². The van der Waals surface area contributed by atoms with Crippen LogP contribution < -0.4 is 10.1 Å². The van der Waals surface area contributed by atoms with E-state index in [2.05, 4.69) is 34.5 Å². The number of piperidine rings is 1. The first-order chi connectivity index (χ1) is 14.8. The first-order valence-electron chi connectivity index (χ1n) is 10.6. The minimum absolute atomic E-state index is 0.0104. The number of amides is 1. The molecule has 0 saturated carbocycles. The molecule has 1 aliphatic rings. The van der Waals surface area contributed by atoms with Crippen molar-refractivity contribution in [3.05, 3.63) is 102 Å². The SMILES string of the molecule is O=C(NC1CCN(Cc2ccccc2)CC1)c1ccccc1COc1ccccc1. The Balaban J connectivity index is 1.30. The summed E-state index contributed by atoms with van der Waals surface area (Å²) >= 11 is 0. The maximum atomic E-state index is 12.9. The molecule has 1 heterocycles. The second kappa shape index (κ2) is 10.1. The van der Waals surface area contributed by atoms with Crippen molar-refractivity contribution in [2.45, 2.75) is 32.0 Å². The van der Waals surface area contributed by atoms with Crippen LogP contribution in [0, 0.1) is 0 Å². The van der Waals surface area contributed by atoms with Gasteiger partial charge in [0.2, 0.25) is 0 Å². The van der Waals surface area contributed by atoms with Crippen molar-refractivity contribution >= 4 is 5.91 Å². The molecule has 4 heteroatoms. The van der Waals surface area contributed by atoms with E-state index in [1.54, 1.807) is 0 Å². The van der Waals surface area contributed by atoms with Crippen LogP contribution in [0.2, 0.25) is 0 Å². The largest absolute Gasteiger partial charge is 0.489 e. The minimum Gasteiger partial charge on any atom is -0.489 e. The third-order valence-electron chi connectivity index (χ3n) is 5.57. The van der Waals surface area contributed by atoms with Crippen LogP contribution in [0.3, 0.4) is 0 Å². The first kappa shape index (κ1) is 20.2. The van der Waals surface area contributed by atoms with Crippen LogP contribution in [-0.4, -0.2) is 29.9 Å². The van der Waals surface area contributed by atoms with Gasteiger partial charge >= 0.3 is 0 Å². The number of carbonyl (C=O) groups excluding carboxylic acids is 1. The molecule has 0 unspecified atom stereocenters. The molecule has 4 nitrogen and oxygen atoms in total. The minimum atomic E-state index is -0.0104. The average molecular weight is 401 g/mol. The summed E-state index contributed by atoms with van der Waals surface area (Å²) in [6.07, 6.45) is 1.95. The third-order valence-corrected chi connectivity index (χ3v) is 5.57. The zero-order valence-corrected chi connectivity index (χ0v) is 17.2. The maximum absolute atomic E-state index is 12.9. The Morgan fingerprint density at radius 2 is 1.50 bits per heavy atom. The van der Waals surface area contributed by atoms with Crippen molar-refractivity contribution in [2.75, 3.05) is 13.1 Å². The molecule has 0 aliphatic carbocycles. The highest BCUT2D eigenvalue weighted by Gasteiger charge is 2.22. The summed E-state index contributed by atoms with van der Waals surface area (Å²) in [5.41, 5.74) is 2.94. The van der Waals surface area contributed by atoms with E-state index in [0.717, 1.165) is 43.8 Å². The molecule has 3 aromatic carbocycles. The number of carbonyl (C=O) groups is 1. The van der Waals surface area contributed by atoms with Crippen LogP contribution in [0.4, 0.5) is 0 Å². The van der Waals surface area contributed by atoms with Gasteiger partial charge in [-0.1, -0.05) is 66.7 Å². The van der Waals surface area contributed by atoms with Crippen LogP contribution in [0.5, 0.6) is 5.75 Å². The molecule has 1 fully saturated rings. The van der Waals surface area contributed by atoms with Crippen LogP contribution in [0.1, 0.15) is 34.3 Å². The zero-order valence-electron chi connectivity index (χ0n) is 17.2. The number of hydrogen-bond donors (Lipinski definition) is 1. The summed E-state index contributed by atoms with van der Waals surface area (Å²) in [5, 5.41) is 3.24. The van der Waals surface area contributed by atoms with Crippen molar-refractivity contribution < 1.29 is 9.53 Å². The molecular formula is C26H28N2O2. The van der Waals surface area contributed by atoms with Crippen LogP contribution in [0.15, 0.2) is 84.9 Å². The van der Waals surface area contributed by atoms with Crippen LogP contribution in [-0.2, 0) is 13.2 Å². The van der Waals surface area contributed by atoms with Gasteiger partial charge in [-0.2, -0.15) is 0 Å². The van der Waals surface area contributed by atoms with Gasteiger partial charge in [-0.05, 0) is 36.6 Å². The predicted octanol–water partition coefficient (Wildman–Crippen LogP) is 4.66. The van der Waals surface area contributed by atoms with Crippen LogP contribution in [0.25, 0.3) is 0 Å². The van der Waals surface area contributed by atoms with Gasteiger partial charge in [0, 0.05) is 36.8 Å². The highest BCUT2D eigenvalue weighted by atomic mass is 16.5. The number of ether oxygens (including phenoxy) is 1. The Labute approximate surface area is 178 Å². The number of rotatable bonds is 7. The fourth-order valence-electron chi connectivity index (χ4n) is 3.89. The fourth-order valence-corrected chi connectivity index (χ4v) is 3.89. The van der Waals surface area contributed by atoms with Gasteiger partial charge in [0.15, 0.2) is 0 Å². The number of benzene rings is 3. The lowest BCUT2D eigenvalue weighted by Gasteiger charge is -2.32. The van der Waals surface area contributed by atoms with E-state index in [4.69, 9.17) is 4.74 Å². The molecule has 0 spiro atoms. The van der Waals surface area contributed by atoms with E-state index in [1.807, 2.05) is 60.7 Å². The number of para-hydroxylation sites is 1. The molecule has 4 rings (SSSR count). The molecule has 0 atom stereocenters. The summed E-state index contributed by atoms with van der Waals surface area (Å²) in [6.45, 7) is 3.35. The summed E-state index contributed by atoms with van der Waals surface area (Å²) in [7, 11) is 0. The Hall–Kier alpha value is -3.11. The van der Waals surface area contributed by atoms with Gasteiger partial charge in [0.05, 0.1) is 0 Å². The van der Waals surface area contributed by atoms with Crippen LogP contribution >= 0.6 is 0 Å². The number of nitrogens with zero attached hydrogens (tertiary/aromatic N) is 1. The van der Waals surface area contributed by atoms with Gasteiger partial charge in [-0.3, -0.25) is 9.69 Å². The van der Waals surface area contributed by atoms with E-state index < -0.39 is 0 Å². The van der Waals surface area contributed by atoms with Gasteiger partial charge < -0.3 is 10.1 Å². The summed E-state index contributed by atoms with van der Waals surface area (Å²) in [5.74, 6) is 0.794. The van der Waals surface area contributed by atoms with Crippen molar-refractivity contribution in [1.29, 1.82) is 0 Å². The lowest BCUT2D eigenvalue weighted by Crippen LogP contribution is -2.44. The monoisotopic (exact) mass is 400 g/mol. The highest BCUT2D eigenvalue weighted by molar-refractivity contribution is 5.95. The van der Waals surface area contributed by atoms with Gasteiger partial charge in [0.25, 0.3) is 5.91 Å². The van der Waals surface area contributed by atoms with Crippen molar-refractivity contribution in [3.63, 3.8) is 0 Å². The van der Waals surface area contributed by atoms with Crippen molar-refractivity contribution in [1.82, 2.24) is 10.2 Å². The average Bonchev–Trinajstić information content (AvgIpc) is 2.80. The molecule has 3 aromatic rings. The molecule has 1 N–H and O–H groups in total. The fraction of sp³-hybridized carbons (Fsp3) is 0.269. The lowest BCUT2D eigenvalue weighted by atomic mass is 10.0. The first-order valence-corrected chi connectivity index (χ1v) is 10.6. The zero-order chi connectivity index (χ0) is 20.6. The van der Waals surface area contributed by atoms with E-state index in [0.29, 0.717) is 12.2 Å². The molecule has 30 heavy (non-hydrogen) atoms. The second-order valence-corrected chi connectivity index (χ2v) is 7.77. The molecular weight excluding hydrogens is 372 g/mol. The van der Waals surface area contributed by atoms with Gasteiger partial charge in [-0.15, -0.1) is 0 Å². The Bertz CT molecular complexity index is 936. The predicted molar refractivity (Wildman–Crippen MR) is 119 cm³/mol. The highest BCUT2D eigenvalue weighted by Crippen LogP contribution is 2.17. The Kier molecular flexibility index (Phi) is 6.78. The summed E-state index contributed by atoms with van der Waals surface area (Å²) in [4.78, 5) is 15.4. The van der Waals surface area contributed by atoms with Crippen molar-refractivity contribution in [3.8, 4) is 5.75 Å². The molecule has 1 amide bonds. The smallest absolute Gasteiger partial charge is 0.251 e. The Morgan fingerprint density at radius 1 is 0.867 bits per heavy atom. The molecule has 0 bridgehead atoms. The van der Waals surface area contributed by atoms with Gasteiger partial charge in [-0.25, -0.2) is 0 Å². The third kappa shape index (κ3) is 5.49. The van der Waals surface area contributed by atoms with Gasteiger partial charge in [0.1, 0.15) is 12.4 Å². The maximum Gasteiger partial charge on any atom is 0.251 e. The van der Waals surface area contributed by atoms with E-state index >= 15 is 0 Å². The Morgan fingerprint density at radius 3 is 2.23 bits per heavy atom. The van der Waals surface area contributed by atoms with E-state index in [9.17, 15) is 4.79 Å². The standard InChI is InChI=1S/C26H28N2O2/c29-26(25-14-8-7-11-22(25)20-30-24-12-5-2-6-13-24)27-23-15-17-28(18-16-23)19-21-9-3-1-4-10-21/h1-14,23H,15-20H2,(H,27,29). The second-order valence-electron chi connectivity index (χ2n) is 7.77. The molecule has 154 valence electrons. The number of hydrogen-bond acceptors (Lipinski definition) is 3. The van der Waals surface area contributed by atoms with E-state index in [1.165, 1.54) is 5.56 Å². The topological polar surface area (TPSA) is 41.6 Å². The molecule has 1 aliphatic heterocycles. The lowest BCUT2D eigenvalue weighted by molar-refractivity contribution is 0.0906.